The van der Waals surface area contributed by atoms with Crippen molar-refractivity contribution in [3.8, 4) is 0 Å². The smallest absolute Gasteiger partial charge is 0.253 e. The summed E-state index contributed by atoms with van der Waals surface area (Å²) in [5.74, 6) is 0.0842. The van der Waals surface area contributed by atoms with Crippen LogP contribution in [0.5, 0.6) is 0 Å². The molecular formula is C16H17N5OS. The molecule has 1 saturated heterocycles. The van der Waals surface area contributed by atoms with Crippen LogP contribution in [0, 0.1) is 0 Å². The van der Waals surface area contributed by atoms with Crippen LogP contribution in [0.25, 0.3) is 10.2 Å². The number of carbonyl (C=O) groups is 1. The molecule has 0 saturated carbocycles. The van der Waals surface area contributed by atoms with E-state index in [1.54, 1.807) is 17.5 Å². The van der Waals surface area contributed by atoms with E-state index in [0.717, 1.165) is 40.2 Å². The summed E-state index contributed by atoms with van der Waals surface area (Å²) in [7, 11) is 0. The Morgan fingerprint density at radius 2 is 2.35 bits per heavy atom. The number of carbonyl (C=O) groups excluding carboxylic acids is 1. The maximum atomic E-state index is 12.7. The zero-order valence-electron chi connectivity index (χ0n) is 12.8. The maximum absolute atomic E-state index is 12.7. The Morgan fingerprint density at radius 1 is 1.43 bits per heavy atom. The van der Waals surface area contributed by atoms with Crippen LogP contribution in [0.3, 0.4) is 0 Å². The van der Waals surface area contributed by atoms with Gasteiger partial charge in [-0.3, -0.25) is 4.79 Å². The second-order valence-corrected chi connectivity index (χ2v) is 6.84. The van der Waals surface area contributed by atoms with Gasteiger partial charge in [-0.1, -0.05) is 12.1 Å². The Bertz CT molecular complexity index is 841. The van der Waals surface area contributed by atoms with Gasteiger partial charge < -0.3 is 4.90 Å². The monoisotopic (exact) mass is 327 g/mol. The SMILES string of the molecule is CCc1nc2ccc(C(=O)N3CCC(n4ccnn4)C3)cc2s1. The Morgan fingerprint density at radius 3 is 3.13 bits per heavy atom. The highest BCUT2D eigenvalue weighted by Crippen LogP contribution is 2.26. The van der Waals surface area contributed by atoms with Gasteiger partial charge in [-0.25, -0.2) is 9.67 Å². The van der Waals surface area contributed by atoms with E-state index < -0.39 is 0 Å². The van der Waals surface area contributed by atoms with Gasteiger partial charge in [0.15, 0.2) is 0 Å². The van der Waals surface area contributed by atoms with E-state index in [9.17, 15) is 4.79 Å². The van der Waals surface area contributed by atoms with Crippen LogP contribution >= 0.6 is 11.3 Å². The van der Waals surface area contributed by atoms with E-state index in [-0.39, 0.29) is 11.9 Å². The summed E-state index contributed by atoms with van der Waals surface area (Å²) in [6.45, 7) is 3.53. The molecule has 0 N–H and O–H groups in total. The number of hydrogen-bond donors (Lipinski definition) is 0. The van der Waals surface area contributed by atoms with Gasteiger partial charge in [-0.15, -0.1) is 16.4 Å². The molecule has 6 nitrogen and oxygen atoms in total. The molecule has 1 amide bonds. The fraction of sp³-hybridized carbons (Fsp3) is 0.375. The van der Waals surface area contributed by atoms with E-state index in [0.29, 0.717) is 6.54 Å². The Kier molecular flexibility index (Phi) is 3.57. The molecule has 0 spiro atoms. The van der Waals surface area contributed by atoms with Gasteiger partial charge in [-0.2, -0.15) is 0 Å². The van der Waals surface area contributed by atoms with Gasteiger partial charge in [0.05, 0.1) is 27.5 Å². The third kappa shape index (κ3) is 2.61. The number of benzene rings is 1. The maximum Gasteiger partial charge on any atom is 0.253 e. The minimum absolute atomic E-state index is 0.0842. The quantitative estimate of drug-likeness (QED) is 0.741. The molecule has 4 rings (SSSR count). The molecule has 118 valence electrons. The van der Waals surface area contributed by atoms with Crippen LogP contribution < -0.4 is 0 Å². The standard InChI is InChI=1S/C16H17N5OS/c1-2-15-18-13-4-3-11(9-14(13)23-15)16(22)20-7-5-12(10-20)21-8-6-17-19-21/h3-4,6,8-9,12H,2,5,7,10H2,1H3. The first-order valence-electron chi connectivity index (χ1n) is 7.79. The molecule has 1 aromatic carbocycles. The van der Waals surface area contributed by atoms with Crippen molar-refractivity contribution in [2.45, 2.75) is 25.8 Å². The fourth-order valence-corrected chi connectivity index (χ4v) is 3.94. The lowest BCUT2D eigenvalue weighted by Crippen LogP contribution is -2.29. The molecule has 3 aromatic rings. The highest BCUT2D eigenvalue weighted by molar-refractivity contribution is 7.18. The van der Waals surface area contributed by atoms with Crippen molar-refractivity contribution in [3.05, 3.63) is 41.2 Å². The Labute approximate surface area is 137 Å². The predicted octanol–water partition coefficient (Wildman–Crippen LogP) is 2.54. The van der Waals surface area contributed by atoms with Crippen molar-refractivity contribution in [2.75, 3.05) is 13.1 Å². The number of nitrogens with zero attached hydrogens (tertiary/aromatic N) is 5. The van der Waals surface area contributed by atoms with Gasteiger partial charge >= 0.3 is 0 Å². The summed E-state index contributed by atoms with van der Waals surface area (Å²) >= 11 is 1.67. The first-order chi connectivity index (χ1) is 11.2. The summed E-state index contributed by atoms with van der Waals surface area (Å²) < 4.78 is 2.92. The highest BCUT2D eigenvalue weighted by Gasteiger charge is 2.28. The molecule has 0 aliphatic carbocycles. The van der Waals surface area contributed by atoms with Gasteiger partial charge in [0.2, 0.25) is 0 Å². The van der Waals surface area contributed by atoms with Crippen molar-refractivity contribution in [3.63, 3.8) is 0 Å². The van der Waals surface area contributed by atoms with Crippen LogP contribution in [0.2, 0.25) is 0 Å². The predicted molar refractivity (Wildman–Crippen MR) is 88.6 cm³/mol. The van der Waals surface area contributed by atoms with Crippen molar-refractivity contribution >= 4 is 27.5 Å². The molecule has 0 bridgehead atoms. The van der Waals surface area contributed by atoms with Crippen LogP contribution in [0.15, 0.2) is 30.6 Å². The molecule has 3 heterocycles. The van der Waals surface area contributed by atoms with E-state index in [1.807, 2.05) is 34.0 Å². The van der Waals surface area contributed by atoms with Crippen LogP contribution in [0.1, 0.15) is 34.8 Å². The molecule has 0 radical (unpaired) electrons. The fourth-order valence-electron chi connectivity index (χ4n) is 2.99. The molecule has 2 aromatic heterocycles. The molecule has 1 fully saturated rings. The van der Waals surface area contributed by atoms with Crippen LogP contribution in [0.4, 0.5) is 0 Å². The molecule has 1 unspecified atom stereocenters. The third-order valence-electron chi connectivity index (χ3n) is 4.25. The normalized spacial score (nSPS) is 18.0. The van der Waals surface area contributed by atoms with Crippen LogP contribution in [-0.2, 0) is 6.42 Å². The molecule has 23 heavy (non-hydrogen) atoms. The van der Waals surface area contributed by atoms with Gasteiger partial charge in [0.1, 0.15) is 0 Å². The van der Waals surface area contributed by atoms with E-state index >= 15 is 0 Å². The zero-order chi connectivity index (χ0) is 15.8. The number of hydrogen-bond acceptors (Lipinski definition) is 5. The summed E-state index contributed by atoms with van der Waals surface area (Å²) in [6, 6.07) is 6.02. The van der Waals surface area contributed by atoms with Crippen molar-refractivity contribution < 1.29 is 4.79 Å². The largest absolute Gasteiger partial charge is 0.336 e. The minimum atomic E-state index is 0.0842. The summed E-state index contributed by atoms with van der Waals surface area (Å²) in [5.41, 5.74) is 1.72. The minimum Gasteiger partial charge on any atom is -0.336 e. The van der Waals surface area contributed by atoms with Crippen LogP contribution in [-0.4, -0.2) is 43.9 Å². The van der Waals surface area contributed by atoms with Gasteiger partial charge in [-0.05, 0) is 31.0 Å². The van der Waals surface area contributed by atoms with Crippen molar-refractivity contribution in [2.24, 2.45) is 0 Å². The second-order valence-electron chi connectivity index (χ2n) is 5.72. The zero-order valence-corrected chi connectivity index (χ0v) is 13.7. The van der Waals surface area contributed by atoms with E-state index in [1.165, 1.54) is 0 Å². The molecule has 7 heteroatoms. The Hall–Kier alpha value is -2.28. The topological polar surface area (TPSA) is 63.9 Å². The number of thiazole rings is 1. The lowest BCUT2D eigenvalue weighted by atomic mass is 10.2. The first kappa shape index (κ1) is 14.3. The number of fused-ring (bicyclic) bond motifs is 1. The van der Waals surface area contributed by atoms with Gasteiger partial charge in [0, 0.05) is 24.8 Å². The van der Waals surface area contributed by atoms with E-state index in [2.05, 4.69) is 22.2 Å². The number of rotatable bonds is 3. The number of amides is 1. The summed E-state index contributed by atoms with van der Waals surface area (Å²) in [6.07, 6.45) is 5.37. The third-order valence-corrected chi connectivity index (χ3v) is 5.41. The summed E-state index contributed by atoms with van der Waals surface area (Å²) in [5, 5.41) is 8.99. The second kappa shape index (κ2) is 5.73. The molecular weight excluding hydrogens is 310 g/mol. The molecule has 1 aliphatic rings. The lowest BCUT2D eigenvalue weighted by molar-refractivity contribution is 0.0787. The first-order valence-corrected chi connectivity index (χ1v) is 8.61. The number of likely N-dealkylation sites (tertiary alicyclic amines) is 1. The highest BCUT2D eigenvalue weighted by atomic mass is 32.1. The Balaban J connectivity index is 1.55. The summed E-state index contributed by atoms with van der Waals surface area (Å²) in [4.78, 5) is 19.2. The average molecular weight is 327 g/mol. The lowest BCUT2D eigenvalue weighted by Gasteiger charge is -2.16. The average Bonchev–Trinajstić information content (AvgIpc) is 3.31. The molecule has 1 aliphatic heterocycles. The van der Waals surface area contributed by atoms with E-state index in [4.69, 9.17) is 0 Å². The van der Waals surface area contributed by atoms with Crippen molar-refractivity contribution in [1.82, 2.24) is 24.9 Å². The van der Waals surface area contributed by atoms with Crippen molar-refractivity contribution in [1.29, 1.82) is 0 Å². The molecule has 1 atom stereocenters. The van der Waals surface area contributed by atoms with Gasteiger partial charge in [0.25, 0.3) is 5.91 Å². The number of aryl methyl sites for hydroxylation is 1. The number of aromatic nitrogens is 4.